The molecule has 3 rings (SSSR count). The second-order valence-corrected chi connectivity index (χ2v) is 8.63. The van der Waals surface area contributed by atoms with Gasteiger partial charge in [0.1, 0.15) is 0 Å². The van der Waals surface area contributed by atoms with Crippen LogP contribution in [0.5, 0.6) is 0 Å². The van der Waals surface area contributed by atoms with Gasteiger partial charge in [0, 0.05) is 32.7 Å². The van der Waals surface area contributed by atoms with Gasteiger partial charge in [0.15, 0.2) is 0 Å². The molecule has 1 aliphatic rings. The smallest absolute Gasteiger partial charge is 0.296 e. The lowest BCUT2D eigenvalue weighted by Gasteiger charge is -2.34. The fraction of sp³-hybridized carbons (Fsp3) is 0.368. The molecular weight excluding hydrogens is 377 g/mol. The highest BCUT2D eigenvalue weighted by Crippen LogP contribution is 2.29. The highest BCUT2D eigenvalue weighted by atomic mass is 32.2. The van der Waals surface area contributed by atoms with Gasteiger partial charge < -0.3 is 0 Å². The van der Waals surface area contributed by atoms with Gasteiger partial charge >= 0.3 is 6.18 Å². The Morgan fingerprint density at radius 3 is 1.96 bits per heavy atom. The van der Waals surface area contributed by atoms with Crippen molar-refractivity contribution >= 4 is 10.0 Å². The van der Waals surface area contributed by atoms with Crippen LogP contribution >= 0.6 is 0 Å². The summed E-state index contributed by atoms with van der Waals surface area (Å²) in [6, 6.07) is 11.9. The number of hydrogen-bond acceptors (Lipinski definition) is 3. The molecular formula is C19H21F3N2O2S. The third kappa shape index (κ3) is 4.69. The minimum atomic E-state index is -4.34. The van der Waals surface area contributed by atoms with Gasteiger partial charge in [-0.1, -0.05) is 29.8 Å². The molecule has 0 bridgehead atoms. The molecule has 0 N–H and O–H groups in total. The van der Waals surface area contributed by atoms with Gasteiger partial charge in [-0.05, 0) is 36.8 Å². The van der Waals surface area contributed by atoms with Crippen molar-refractivity contribution in [3.8, 4) is 0 Å². The summed E-state index contributed by atoms with van der Waals surface area (Å²) in [4.78, 5) is 2.33. The monoisotopic (exact) mass is 398 g/mol. The lowest BCUT2D eigenvalue weighted by molar-refractivity contribution is -0.137. The molecule has 2 aromatic rings. The van der Waals surface area contributed by atoms with Crippen LogP contribution < -0.4 is 0 Å². The van der Waals surface area contributed by atoms with Crippen LogP contribution in [0, 0.1) is 6.92 Å². The van der Waals surface area contributed by atoms with Crippen molar-refractivity contribution in [1.82, 2.24) is 9.21 Å². The molecule has 1 saturated heterocycles. The van der Waals surface area contributed by atoms with E-state index in [9.17, 15) is 21.6 Å². The maximum Gasteiger partial charge on any atom is 0.416 e. The van der Waals surface area contributed by atoms with Crippen LogP contribution in [0.4, 0.5) is 13.2 Å². The van der Waals surface area contributed by atoms with Gasteiger partial charge in [0.2, 0.25) is 10.0 Å². The van der Waals surface area contributed by atoms with Crippen molar-refractivity contribution in [3.05, 3.63) is 65.2 Å². The van der Waals surface area contributed by atoms with Gasteiger partial charge in [0.05, 0.1) is 10.5 Å². The normalized spacial score (nSPS) is 17.2. The molecule has 8 heteroatoms. The summed E-state index contributed by atoms with van der Waals surface area (Å²) >= 11 is 0. The van der Waals surface area contributed by atoms with Gasteiger partial charge in [0.25, 0.3) is 0 Å². The highest BCUT2D eigenvalue weighted by molar-refractivity contribution is 7.89. The zero-order valence-corrected chi connectivity index (χ0v) is 15.7. The van der Waals surface area contributed by atoms with Gasteiger partial charge in [-0.25, -0.2) is 8.42 Å². The third-order valence-corrected chi connectivity index (χ3v) is 6.59. The Bertz CT molecular complexity index is 871. The molecule has 146 valence electrons. The number of alkyl halides is 3. The van der Waals surface area contributed by atoms with Crippen molar-refractivity contribution in [2.75, 3.05) is 26.2 Å². The lowest BCUT2D eigenvalue weighted by atomic mass is 10.1. The predicted molar refractivity (Wildman–Crippen MR) is 96.7 cm³/mol. The Hall–Kier alpha value is -1.90. The molecule has 0 unspecified atom stereocenters. The number of hydrogen-bond donors (Lipinski definition) is 0. The van der Waals surface area contributed by atoms with Crippen LogP contribution in [0.3, 0.4) is 0 Å². The molecule has 1 heterocycles. The summed E-state index contributed by atoms with van der Waals surface area (Å²) in [5.74, 6) is 0. The number of nitrogens with zero attached hydrogens (tertiary/aromatic N) is 2. The minimum Gasteiger partial charge on any atom is -0.296 e. The first-order valence-electron chi connectivity index (χ1n) is 8.61. The Morgan fingerprint density at radius 2 is 1.44 bits per heavy atom. The van der Waals surface area contributed by atoms with Crippen molar-refractivity contribution in [2.45, 2.75) is 24.5 Å². The molecule has 2 aromatic carbocycles. The summed E-state index contributed by atoms with van der Waals surface area (Å²) in [6.07, 6.45) is -4.34. The van der Waals surface area contributed by atoms with Gasteiger partial charge in [-0.2, -0.15) is 17.5 Å². The van der Waals surface area contributed by atoms with Crippen LogP contribution in [-0.4, -0.2) is 43.8 Å². The number of halogens is 3. The van der Waals surface area contributed by atoms with Crippen LogP contribution in [0.1, 0.15) is 16.7 Å². The molecule has 0 atom stereocenters. The van der Waals surface area contributed by atoms with E-state index in [1.165, 1.54) is 16.4 Å². The van der Waals surface area contributed by atoms with E-state index in [0.29, 0.717) is 32.7 Å². The summed E-state index contributed by atoms with van der Waals surface area (Å²) in [6.45, 7) is 4.18. The third-order valence-electron chi connectivity index (χ3n) is 4.68. The molecule has 4 nitrogen and oxygen atoms in total. The molecule has 0 aliphatic carbocycles. The molecule has 1 aliphatic heterocycles. The molecule has 0 aromatic heterocycles. The maximum atomic E-state index is 12.7. The van der Waals surface area contributed by atoms with Crippen molar-refractivity contribution < 1.29 is 21.6 Å². The zero-order valence-electron chi connectivity index (χ0n) is 14.9. The summed E-state index contributed by atoms with van der Waals surface area (Å²) < 4.78 is 64.7. The number of sulfonamides is 1. The molecule has 0 radical (unpaired) electrons. The Labute approximate surface area is 157 Å². The van der Waals surface area contributed by atoms with E-state index in [1.807, 2.05) is 11.8 Å². The van der Waals surface area contributed by atoms with Crippen molar-refractivity contribution in [3.63, 3.8) is 0 Å². The molecule has 0 amide bonds. The molecule has 27 heavy (non-hydrogen) atoms. The summed E-state index contributed by atoms with van der Waals surface area (Å²) in [5, 5.41) is 0. The first-order valence-corrected chi connectivity index (χ1v) is 10.1. The standard InChI is InChI=1S/C19H21F3N2O2S/c1-15-2-8-18(9-3-15)27(25,26)24-12-10-23(11-13-24)14-16-4-6-17(7-5-16)19(20,21)22/h2-9H,10-14H2,1H3. The van der Waals surface area contributed by atoms with Gasteiger partial charge in [-0.15, -0.1) is 0 Å². The van der Waals surface area contributed by atoms with E-state index in [-0.39, 0.29) is 4.90 Å². The Morgan fingerprint density at radius 1 is 0.889 bits per heavy atom. The van der Waals surface area contributed by atoms with Crippen LogP contribution in [0.15, 0.2) is 53.4 Å². The van der Waals surface area contributed by atoms with E-state index in [1.54, 1.807) is 24.3 Å². The van der Waals surface area contributed by atoms with Crippen molar-refractivity contribution in [2.24, 2.45) is 0 Å². The van der Waals surface area contributed by atoms with Crippen LogP contribution in [0.25, 0.3) is 0 Å². The quantitative estimate of drug-likeness (QED) is 0.791. The predicted octanol–water partition coefficient (Wildman–Crippen LogP) is 3.52. The lowest BCUT2D eigenvalue weighted by Crippen LogP contribution is -2.48. The van der Waals surface area contributed by atoms with Crippen LogP contribution in [0.2, 0.25) is 0 Å². The van der Waals surface area contributed by atoms with Gasteiger partial charge in [-0.3, -0.25) is 4.90 Å². The molecule has 0 spiro atoms. The zero-order chi connectivity index (χ0) is 19.7. The Kier molecular flexibility index (Phi) is 5.60. The van der Waals surface area contributed by atoms with E-state index in [4.69, 9.17) is 0 Å². The fourth-order valence-corrected chi connectivity index (χ4v) is 4.47. The summed E-state index contributed by atoms with van der Waals surface area (Å²) in [7, 11) is -3.52. The van der Waals surface area contributed by atoms with E-state index >= 15 is 0 Å². The summed E-state index contributed by atoms with van der Waals surface area (Å²) in [5.41, 5.74) is 1.11. The van der Waals surface area contributed by atoms with E-state index in [2.05, 4.69) is 0 Å². The number of piperazine rings is 1. The average molecular weight is 398 g/mol. The van der Waals surface area contributed by atoms with E-state index < -0.39 is 21.8 Å². The fourth-order valence-electron chi connectivity index (χ4n) is 3.04. The Balaban J connectivity index is 1.59. The average Bonchev–Trinajstić information content (AvgIpc) is 2.62. The van der Waals surface area contributed by atoms with Crippen LogP contribution in [-0.2, 0) is 22.7 Å². The second-order valence-electron chi connectivity index (χ2n) is 6.69. The first-order chi connectivity index (χ1) is 12.7. The minimum absolute atomic E-state index is 0.282. The SMILES string of the molecule is Cc1ccc(S(=O)(=O)N2CCN(Cc3ccc(C(F)(F)F)cc3)CC2)cc1. The topological polar surface area (TPSA) is 40.6 Å². The number of aryl methyl sites for hydroxylation is 1. The highest BCUT2D eigenvalue weighted by Gasteiger charge is 2.30. The van der Waals surface area contributed by atoms with E-state index in [0.717, 1.165) is 23.3 Å². The second kappa shape index (κ2) is 7.61. The molecule has 0 saturated carbocycles. The molecule has 1 fully saturated rings. The maximum absolute atomic E-state index is 12.7. The first kappa shape index (κ1) is 19.9. The number of benzene rings is 2. The van der Waals surface area contributed by atoms with Crippen molar-refractivity contribution in [1.29, 1.82) is 0 Å². The largest absolute Gasteiger partial charge is 0.416 e. The number of rotatable bonds is 4.